The number of furan rings is 5. The summed E-state index contributed by atoms with van der Waals surface area (Å²) in [6.45, 7) is 36.7. The van der Waals surface area contributed by atoms with E-state index < -0.39 is 0 Å². The molecule has 5 aliphatic heterocycles. The first-order chi connectivity index (χ1) is 66.2. The maximum absolute atomic E-state index is 6.33. The van der Waals surface area contributed by atoms with Crippen LogP contribution in [0.1, 0.15) is 130 Å². The van der Waals surface area contributed by atoms with Gasteiger partial charge in [0, 0.05) is 117 Å². The van der Waals surface area contributed by atoms with Crippen molar-refractivity contribution >= 4 is 196 Å². The minimum atomic E-state index is 0.190. The molecule has 0 radical (unpaired) electrons. The van der Waals surface area contributed by atoms with Crippen LogP contribution in [0, 0.1) is 40.5 Å². The van der Waals surface area contributed by atoms with Gasteiger partial charge in [0.25, 0.3) is 0 Å². The third-order valence-corrected chi connectivity index (χ3v) is 29.5. The number of anilines is 15. The van der Waals surface area contributed by atoms with Gasteiger partial charge >= 0.3 is 0 Å². The molecule has 1 saturated carbocycles. The zero-order chi connectivity index (χ0) is 93.5. The van der Waals surface area contributed by atoms with Crippen LogP contribution < -0.4 is 49.0 Å². The summed E-state index contributed by atoms with van der Waals surface area (Å²) < 4.78 is 31.3. The van der Waals surface area contributed by atoms with Gasteiger partial charge in [0.15, 0.2) is 27.9 Å². The molecule has 15 heterocycles. The second-order valence-corrected chi connectivity index (χ2v) is 37.9. The van der Waals surface area contributed by atoms with E-state index in [9.17, 15) is 0 Å². The molecule has 0 spiro atoms. The minimum absolute atomic E-state index is 0.190. The van der Waals surface area contributed by atoms with E-state index >= 15 is 0 Å². The molecule has 1 fully saturated rings. The van der Waals surface area contributed by atoms with Crippen molar-refractivity contribution in [1.82, 2.24) is 24.9 Å². The van der Waals surface area contributed by atoms with Crippen LogP contribution in [0.15, 0.2) is 296 Å². The number of para-hydroxylation sites is 10. The number of rotatable bonds is 10. The molecule has 10 aromatic carbocycles. The van der Waals surface area contributed by atoms with E-state index in [0.29, 0.717) is 52.6 Å². The molecule has 684 valence electrons. The van der Waals surface area contributed by atoms with Crippen LogP contribution in [0.4, 0.5) is 85.3 Å². The summed E-state index contributed by atoms with van der Waals surface area (Å²) in [5.74, 6) is 0.553. The average molecular weight is 1800 g/mol. The minimum Gasteiger partial charge on any atom is -0.435 e. The third kappa shape index (κ3) is 13.9. The van der Waals surface area contributed by atoms with Gasteiger partial charge in [-0.2, -0.15) is 0 Å². The fourth-order valence-electron chi connectivity index (χ4n) is 22.8. The number of pyridine rings is 5. The number of benzene rings is 10. The Morgan fingerprint density at radius 2 is 0.559 bits per heavy atom. The average Bonchev–Trinajstić information content (AvgIpc) is 1.62. The molecule has 0 saturated heterocycles. The van der Waals surface area contributed by atoms with Gasteiger partial charge in [-0.1, -0.05) is 148 Å². The van der Waals surface area contributed by atoms with Gasteiger partial charge < -0.3 is 71.1 Å². The summed E-state index contributed by atoms with van der Waals surface area (Å²) in [4.78, 5) is 46.6. The molecule has 136 heavy (non-hydrogen) atoms. The highest BCUT2D eigenvalue weighted by atomic mass is 16.4. The highest BCUT2D eigenvalue weighted by Gasteiger charge is 2.44. The molecule has 6 aliphatic rings. The Hall–Kier alpha value is -15.1. The Kier molecular flexibility index (Phi) is 21.9. The number of hydrogen-bond acceptors (Lipinski definition) is 20. The molecule has 10 aromatic heterocycles. The van der Waals surface area contributed by atoms with Gasteiger partial charge in [0.05, 0.1) is 85.3 Å². The van der Waals surface area contributed by atoms with Gasteiger partial charge in [-0.05, 0) is 265 Å². The predicted octanol–water partition coefficient (Wildman–Crippen LogP) is 30.0. The van der Waals surface area contributed by atoms with Crippen molar-refractivity contribution in [3.8, 4) is 0 Å². The van der Waals surface area contributed by atoms with E-state index in [4.69, 9.17) is 22.1 Å². The molecule has 20 aromatic rings. The molecule has 1 aliphatic carbocycles. The highest BCUT2D eigenvalue weighted by molar-refractivity contribution is 6.15. The maximum Gasteiger partial charge on any atom is 0.227 e. The SMILES string of the molecule is CCN1c2ccccc2N(c2c(C)ccc3c2oc2ncccc23)[C@H]1C.Cc1ccc2c(oc3ncccc32)c1N1c2ccccc2N(C(C)C(C)C)[C@@H]1C.Cc1ccc2c(oc3ncccc32)c1N1c2ccccc2N(C(C)C)[C@@H]1C.Cc1ccc2c(oc3ncccc32)c1N1c2ccccc2N(C)[C@@H]1C.Cc1ccc2c(oc3ncccc32)c1N1c2ccccc2N(C2CCCC2)[C@@H]1C. The zero-order valence-corrected chi connectivity index (χ0v) is 80.5. The highest BCUT2D eigenvalue weighted by Crippen LogP contribution is 2.56. The van der Waals surface area contributed by atoms with Gasteiger partial charge in [-0.25, -0.2) is 24.9 Å². The van der Waals surface area contributed by atoms with Crippen molar-refractivity contribution in [2.24, 2.45) is 5.92 Å². The van der Waals surface area contributed by atoms with Crippen molar-refractivity contribution in [3.05, 3.63) is 301 Å². The smallest absolute Gasteiger partial charge is 0.227 e. The van der Waals surface area contributed by atoms with E-state index in [1.807, 2.05) is 30.3 Å². The molecule has 1 unspecified atom stereocenters. The lowest BCUT2D eigenvalue weighted by atomic mass is 10.0. The van der Waals surface area contributed by atoms with Gasteiger partial charge in [-0.15, -0.1) is 0 Å². The summed E-state index contributed by atoms with van der Waals surface area (Å²) in [6.07, 6.45) is 15.2. The van der Waals surface area contributed by atoms with Crippen LogP contribution in [0.25, 0.3) is 110 Å². The summed E-state index contributed by atoms with van der Waals surface area (Å²) in [6, 6.07) is 86.7. The largest absolute Gasteiger partial charge is 0.435 e. The first kappa shape index (κ1) is 86.4. The van der Waals surface area contributed by atoms with Crippen molar-refractivity contribution in [3.63, 3.8) is 0 Å². The summed E-state index contributed by atoms with van der Waals surface area (Å²) in [5.41, 5.74) is 32.4. The number of aromatic nitrogens is 5. The van der Waals surface area contributed by atoms with Crippen molar-refractivity contribution in [2.45, 2.75) is 185 Å². The lowest BCUT2D eigenvalue weighted by Gasteiger charge is -2.36. The van der Waals surface area contributed by atoms with Crippen LogP contribution in [0.2, 0.25) is 0 Å². The Bertz CT molecular complexity index is 7820. The molecule has 20 nitrogen and oxygen atoms in total. The maximum atomic E-state index is 6.33. The molecule has 0 N–H and O–H groups in total. The van der Waals surface area contributed by atoms with E-state index in [-0.39, 0.29) is 30.8 Å². The first-order valence-corrected chi connectivity index (χ1v) is 48.3. The van der Waals surface area contributed by atoms with Crippen molar-refractivity contribution in [2.75, 3.05) is 62.6 Å². The monoisotopic (exact) mass is 1800 g/mol. The fraction of sp³-hybridized carbons (Fsp3) is 0.267. The summed E-state index contributed by atoms with van der Waals surface area (Å²) in [7, 11) is 2.14. The first-order valence-electron chi connectivity index (χ1n) is 48.3. The van der Waals surface area contributed by atoms with Gasteiger partial charge in [-0.3, -0.25) is 0 Å². The summed E-state index contributed by atoms with van der Waals surface area (Å²) >= 11 is 0. The number of aryl methyl sites for hydroxylation is 5. The van der Waals surface area contributed by atoms with Crippen LogP contribution in [-0.4, -0.2) is 87.5 Å². The number of fused-ring (bicyclic) bond motifs is 20. The topological polar surface area (TPSA) is 163 Å². The van der Waals surface area contributed by atoms with Crippen LogP contribution in [0.3, 0.4) is 0 Å². The molecular formula is C116H115N15O5. The molecule has 26 rings (SSSR count). The quantitative estimate of drug-likeness (QED) is 0.127. The van der Waals surface area contributed by atoms with E-state index in [1.165, 1.54) is 116 Å². The fourth-order valence-corrected chi connectivity index (χ4v) is 22.8. The molecule has 6 atom stereocenters. The van der Waals surface area contributed by atoms with Crippen LogP contribution in [-0.2, 0) is 0 Å². The molecule has 0 bridgehead atoms. The van der Waals surface area contributed by atoms with Crippen LogP contribution in [0.5, 0.6) is 0 Å². The van der Waals surface area contributed by atoms with Crippen molar-refractivity contribution in [1.29, 1.82) is 0 Å². The Labute approximate surface area is 793 Å². The van der Waals surface area contributed by atoms with E-state index in [2.05, 4.69) is 404 Å². The number of hydrogen-bond donors (Lipinski definition) is 0. The lowest BCUT2D eigenvalue weighted by Crippen LogP contribution is -2.45. The Morgan fingerprint density at radius 3 is 0.897 bits per heavy atom. The van der Waals surface area contributed by atoms with Crippen LogP contribution >= 0.6 is 0 Å². The van der Waals surface area contributed by atoms with Crippen molar-refractivity contribution < 1.29 is 22.1 Å². The van der Waals surface area contributed by atoms with Gasteiger partial charge in [0.1, 0.15) is 30.8 Å². The lowest BCUT2D eigenvalue weighted by molar-refractivity contribution is 0.459. The van der Waals surface area contributed by atoms with Gasteiger partial charge in [0.2, 0.25) is 28.6 Å². The standard InChI is InChI=1S/C25H25N3O.C25H27N3O.C23H23N3O.C22H21N3O.C21H19N3O/c1-16-13-14-19-20-10-7-15-26-25(20)29-24(19)23(16)28-17(2)27(18-8-3-4-9-18)21-11-5-6-12-22(21)28;1-15(2)17(4)27-18(5)28(22-11-7-6-10-21(22)27)23-16(3)12-13-19-20-9-8-14-26-25(20)29-24(19)23;1-14(2)25-16(4)26(20-10-6-5-9-19(20)25)21-15(3)11-12-17-18-8-7-13-24-23(18)27-22(17)21;1-4-24-15(3)25(19-10-6-5-9-18(19)24)20-14(2)11-12-16-17-8-7-13-23-22(17)26-21(16)20;1-13-10-11-15-16-7-6-12-22-21(16)25-20(15)19(13)24-14(2)23(3)17-8-4-5-9-18(17)24/h5-7,10-15,17-18H,3-4,8-9H2,1-2H3;6-15,17-18H,1-5H3;5-14,16H,1-4H3;5-13,15H,4H2,1-3H3;4-12,14H,1-3H3/t17-;17?,18-;16-;15-;14-/m00000/s1. The molecular weight excluding hydrogens is 1680 g/mol. The third-order valence-electron chi connectivity index (χ3n) is 29.5. The molecule has 0 amide bonds. The zero-order valence-electron chi connectivity index (χ0n) is 80.5. The summed E-state index contributed by atoms with van der Waals surface area (Å²) in [5, 5.41) is 10.9. The normalized spacial score (nSPS) is 17.5. The molecule has 20 heteroatoms. The van der Waals surface area contributed by atoms with E-state index in [0.717, 1.165) is 111 Å². The second-order valence-electron chi connectivity index (χ2n) is 37.9. The van der Waals surface area contributed by atoms with E-state index in [1.54, 1.807) is 31.0 Å². The number of nitrogens with zero attached hydrogens (tertiary/aromatic N) is 15. The predicted molar refractivity (Wildman–Crippen MR) is 562 cm³/mol. The second kappa shape index (κ2) is 34.5. The Balaban J connectivity index is 0.0000000986. The Morgan fingerprint density at radius 1 is 0.287 bits per heavy atom.